The quantitative estimate of drug-likeness (QED) is 0.158. The van der Waals surface area contributed by atoms with E-state index in [-0.39, 0.29) is 0 Å². The van der Waals surface area contributed by atoms with E-state index in [1.807, 2.05) is 54.6 Å². The van der Waals surface area contributed by atoms with E-state index in [1.54, 1.807) is 6.20 Å². The molecule has 0 fully saturated rings. The van der Waals surface area contributed by atoms with Gasteiger partial charge in [-0.3, -0.25) is 0 Å². The Balaban J connectivity index is 0.844. The Hall–Kier alpha value is -8.68. The van der Waals surface area contributed by atoms with Crippen LogP contribution in [0.15, 0.2) is 211 Å². The van der Waals surface area contributed by atoms with Gasteiger partial charge >= 0.3 is 0 Å². The van der Waals surface area contributed by atoms with Crippen LogP contribution in [0.3, 0.4) is 0 Å². The van der Waals surface area contributed by atoms with E-state index in [2.05, 4.69) is 151 Å². The van der Waals surface area contributed by atoms with Gasteiger partial charge < -0.3 is 4.42 Å². The molecule has 0 aliphatic carbocycles. The molecule has 0 N–H and O–H groups in total. The largest absolute Gasteiger partial charge is 0.436 e. The maximum absolute atomic E-state index is 6.15. The number of fused-ring (bicyclic) bond motifs is 6. The summed E-state index contributed by atoms with van der Waals surface area (Å²) in [6, 6.07) is 69.2. The molecule has 0 radical (unpaired) electrons. The van der Waals surface area contributed by atoms with E-state index >= 15 is 0 Å². The second-order valence-electron chi connectivity index (χ2n) is 15.6. The lowest BCUT2D eigenvalue weighted by molar-refractivity contribution is 0.655. The molecule has 63 heavy (non-hydrogen) atoms. The molecule has 0 atom stereocenters. The fraction of sp³-hybridized carbons (Fsp3) is 0. The Labute approximate surface area is 362 Å². The van der Waals surface area contributed by atoms with Gasteiger partial charge in [-0.15, -0.1) is 0 Å². The summed E-state index contributed by atoms with van der Waals surface area (Å²) in [7, 11) is 0. The van der Waals surface area contributed by atoms with Gasteiger partial charge in [0.25, 0.3) is 0 Å². The molecule has 0 aliphatic heterocycles. The molecular formula is C56H34N6O. The molecule has 0 aliphatic rings. The van der Waals surface area contributed by atoms with Crippen molar-refractivity contribution in [1.82, 2.24) is 29.9 Å². The van der Waals surface area contributed by atoms with Crippen molar-refractivity contribution >= 4 is 44.1 Å². The summed E-state index contributed by atoms with van der Waals surface area (Å²) in [5, 5.41) is 3.13. The van der Waals surface area contributed by atoms with Crippen molar-refractivity contribution in [3.05, 3.63) is 206 Å². The van der Waals surface area contributed by atoms with Crippen molar-refractivity contribution in [2.45, 2.75) is 0 Å². The SMILES string of the molecule is c1ccc(-c2ccc(-c3nc(-c4ccccc4)nc(-c4cccc(-c5cccc(-c6ccc(-c7ccc8c(ccc9oc%10nc%11cccnc%11nc%10c98)c7)cc6)c5)c4)n3)cc2)cc1. The molecule has 7 heteroatoms. The van der Waals surface area contributed by atoms with Gasteiger partial charge in [0.2, 0.25) is 5.71 Å². The predicted molar refractivity (Wildman–Crippen MR) is 254 cm³/mol. The average molecular weight is 807 g/mol. The lowest BCUT2D eigenvalue weighted by Gasteiger charge is -2.11. The zero-order chi connectivity index (χ0) is 41.7. The Morgan fingerprint density at radius 3 is 1.51 bits per heavy atom. The Bertz CT molecular complexity index is 3660. The molecule has 4 aromatic heterocycles. The van der Waals surface area contributed by atoms with E-state index < -0.39 is 0 Å². The molecule has 0 spiro atoms. The Morgan fingerprint density at radius 1 is 0.333 bits per heavy atom. The highest BCUT2D eigenvalue weighted by Gasteiger charge is 2.17. The molecular weight excluding hydrogens is 773 g/mol. The number of furan rings is 1. The van der Waals surface area contributed by atoms with Crippen molar-refractivity contribution in [2.75, 3.05) is 0 Å². The lowest BCUT2D eigenvalue weighted by Crippen LogP contribution is -2.00. The third kappa shape index (κ3) is 6.74. The zero-order valence-corrected chi connectivity index (χ0v) is 33.7. The van der Waals surface area contributed by atoms with Gasteiger partial charge in [-0.05, 0) is 91.7 Å². The zero-order valence-electron chi connectivity index (χ0n) is 33.7. The first-order chi connectivity index (χ1) is 31.2. The third-order valence-electron chi connectivity index (χ3n) is 11.6. The molecule has 12 aromatic rings. The van der Waals surface area contributed by atoms with Crippen molar-refractivity contribution < 1.29 is 4.42 Å². The summed E-state index contributed by atoms with van der Waals surface area (Å²) in [5.41, 5.74) is 15.1. The lowest BCUT2D eigenvalue weighted by atomic mass is 9.95. The highest BCUT2D eigenvalue weighted by atomic mass is 16.3. The van der Waals surface area contributed by atoms with Crippen LogP contribution in [0.2, 0.25) is 0 Å². The van der Waals surface area contributed by atoms with Crippen LogP contribution in [-0.4, -0.2) is 29.9 Å². The van der Waals surface area contributed by atoms with Crippen LogP contribution in [0.4, 0.5) is 0 Å². The normalized spacial score (nSPS) is 11.5. The predicted octanol–water partition coefficient (Wildman–Crippen LogP) is 13.9. The minimum Gasteiger partial charge on any atom is -0.436 e. The summed E-state index contributed by atoms with van der Waals surface area (Å²) in [6.45, 7) is 0. The standard InChI is InChI=1S/C56H34N6O/c1-3-10-35(11-4-1)36-23-25-40(26-24-36)53-60-52(39-12-5-2-6-13-39)61-54(62-53)46-17-8-16-43(34-46)42-15-7-14-41(32-42)37-19-21-38(22-20-37)44-27-29-47-45(33-44)28-30-49-50(47)51-56(63-49)58-48-18-9-31-57-55(48)59-51/h1-34H. The number of nitrogens with zero attached hydrogens (tertiary/aromatic N) is 6. The molecule has 0 saturated carbocycles. The van der Waals surface area contributed by atoms with Gasteiger partial charge in [0, 0.05) is 22.9 Å². The van der Waals surface area contributed by atoms with Crippen molar-refractivity contribution in [3.8, 4) is 78.7 Å². The molecule has 8 aromatic carbocycles. The Morgan fingerprint density at radius 2 is 0.825 bits per heavy atom. The monoisotopic (exact) mass is 806 g/mol. The van der Waals surface area contributed by atoms with E-state index in [1.165, 1.54) is 5.56 Å². The van der Waals surface area contributed by atoms with Gasteiger partial charge in [-0.25, -0.2) is 29.9 Å². The minimum absolute atomic E-state index is 0.519. The van der Waals surface area contributed by atoms with Crippen LogP contribution < -0.4 is 0 Å². The van der Waals surface area contributed by atoms with Gasteiger partial charge in [-0.1, -0.05) is 164 Å². The van der Waals surface area contributed by atoms with Crippen LogP contribution in [0.1, 0.15) is 0 Å². The van der Waals surface area contributed by atoms with Gasteiger partial charge in [0.05, 0.1) is 5.39 Å². The molecule has 0 amide bonds. The van der Waals surface area contributed by atoms with Crippen molar-refractivity contribution in [3.63, 3.8) is 0 Å². The first-order valence-corrected chi connectivity index (χ1v) is 20.8. The summed E-state index contributed by atoms with van der Waals surface area (Å²) in [4.78, 5) is 29.0. The van der Waals surface area contributed by atoms with E-state index in [0.717, 1.165) is 82.9 Å². The summed E-state index contributed by atoms with van der Waals surface area (Å²) < 4.78 is 6.15. The topological polar surface area (TPSA) is 90.5 Å². The molecule has 0 bridgehead atoms. The average Bonchev–Trinajstić information content (AvgIpc) is 3.74. The van der Waals surface area contributed by atoms with Gasteiger partial charge in [0.15, 0.2) is 23.1 Å². The van der Waals surface area contributed by atoms with E-state index in [9.17, 15) is 0 Å². The number of pyridine rings is 1. The molecule has 294 valence electrons. The minimum atomic E-state index is 0.519. The summed E-state index contributed by atoms with van der Waals surface area (Å²) >= 11 is 0. The van der Waals surface area contributed by atoms with Crippen molar-refractivity contribution in [2.24, 2.45) is 0 Å². The first-order valence-electron chi connectivity index (χ1n) is 20.8. The van der Waals surface area contributed by atoms with Crippen LogP contribution in [-0.2, 0) is 0 Å². The maximum atomic E-state index is 6.15. The van der Waals surface area contributed by atoms with Gasteiger partial charge in [0.1, 0.15) is 16.6 Å². The highest BCUT2D eigenvalue weighted by molar-refractivity contribution is 6.18. The Kier molecular flexibility index (Phi) is 8.67. The van der Waals surface area contributed by atoms with E-state index in [4.69, 9.17) is 29.3 Å². The fourth-order valence-electron chi connectivity index (χ4n) is 8.40. The maximum Gasteiger partial charge on any atom is 0.247 e. The van der Waals surface area contributed by atoms with Gasteiger partial charge in [-0.2, -0.15) is 0 Å². The fourth-order valence-corrected chi connectivity index (χ4v) is 8.40. The molecule has 7 nitrogen and oxygen atoms in total. The van der Waals surface area contributed by atoms with E-state index in [0.29, 0.717) is 34.4 Å². The smallest absolute Gasteiger partial charge is 0.247 e. The van der Waals surface area contributed by atoms with Crippen molar-refractivity contribution in [1.29, 1.82) is 0 Å². The second-order valence-corrected chi connectivity index (χ2v) is 15.6. The number of benzene rings is 8. The number of aromatic nitrogens is 6. The second kappa shape index (κ2) is 15.1. The van der Waals surface area contributed by atoms with Crippen LogP contribution in [0.25, 0.3) is 123 Å². The third-order valence-corrected chi connectivity index (χ3v) is 11.6. The number of rotatable bonds is 7. The molecule has 4 heterocycles. The summed E-state index contributed by atoms with van der Waals surface area (Å²) in [5.74, 6) is 1.88. The molecule has 0 unspecified atom stereocenters. The highest BCUT2D eigenvalue weighted by Crippen LogP contribution is 2.37. The van der Waals surface area contributed by atoms with Crippen LogP contribution >= 0.6 is 0 Å². The summed E-state index contributed by atoms with van der Waals surface area (Å²) in [6.07, 6.45) is 1.74. The molecule has 12 rings (SSSR count). The number of hydrogen-bond acceptors (Lipinski definition) is 7. The van der Waals surface area contributed by atoms with Crippen LogP contribution in [0, 0.1) is 0 Å². The molecule has 0 saturated heterocycles. The number of hydrogen-bond donors (Lipinski definition) is 0. The van der Waals surface area contributed by atoms with Crippen LogP contribution in [0.5, 0.6) is 0 Å². The first kappa shape index (κ1) is 36.2.